The number of methoxy groups -OCH3 is 1. The molecule has 2 aromatic rings. The van der Waals surface area contributed by atoms with Gasteiger partial charge in [0.15, 0.2) is 0 Å². The van der Waals surface area contributed by atoms with Gasteiger partial charge in [0.2, 0.25) is 0 Å². The SMILES string of the molecule is COC1(CNc2snc(N)c2-c2ccccc2)CCC1. The van der Waals surface area contributed by atoms with Gasteiger partial charge in [0.25, 0.3) is 0 Å². The first-order chi connectivity index (χ1) is 9.74. The van der Waals surface area contributed by atoms with E-state index in [0.29, 0.717) is 5.82 Å². The maximum atomic E-state index is 6.02. The van der Waals surface area contributed by atoms with Crippen LogP contribution in [0.5, 0.6) is 0 Å². The predicted octanol–water partition coefficient (Wildman–Crippen LogP) is 3.37. The van der Waals surface area contributed by atoms with E-state index in [1.54, 1.807) is 7.11 Å². The van der Waals surface area contributed by atoms with E-state index in [1.807, 2.05) is 18.2 Å². The van der Waals surface area contributed by atoms with Crippen molar-refractivity contribution in [1.29, 1.82) is 0 Å². The molecule has 20 heavy (non-hydrogen) atoms. The van der Waals surface area contributed by atoms with Crippen molar-refractivity contribution in [2.75, 3.05) is 24.7 Å². The summed E-state index contributed by atoms with van der Waals surface area (Å²) in [5.41, 5.74) is 8.11. The zero-order chi connectivity index (χ0) is 14.0. The molecule has 0 atom stereocenters. The Kier molecular flexibility index (Phi) is 3.63. The molecule has 1 aromatic heterocycles. The second-order valence-corrected chi connectivity index (χ2v) is 6.01. The van der Waals surface area contributed by atoms with Crippen LogP contribution >= 0.6 is 11.5 Å². The molecule has 5 heteroatoms. The summed E-state index contributed by atoms with van der Waals surface area (Å²) in [7, 11) is 1.79. The van der Waals surface area contributed by atoms with Crippen LogP contribution in [0.1, 0.15) is 19.3 Å². The number of anilines is 2. The Bertz CT molecular complexity index is 573. The molecule has 0 bridgehead atoms. The van der Waals surface area contributed by atoms with Crippen LogP contribution < -0.4 is 11.1 Å². The van der Waals surface area contributed by atoms with Gasteiger partial charge in [-0.05, 0) is 36.4 Å². The van der Waals surface area contributed by atoms with E-state index in [4.69, 9.17) is 10.5 Å². The lowest BCUT2D eigenvalue weighted by Crippen LogP contribution is -2.45. The first-order valence-electron chi connectivity index (χ1n) is 6.84. The van der Waals surface area contributed by atoms with E-state index in [2.05, 4.69) is 21.8 Å². The highest BCUT2D eigenvalue weighted by molar-refractivity contribution is 7.11. The fraction of sp³-hybridized carbons (Fsp3) is 0.400. The number of nitrogens with one attached hydrogen (secondary N) is 1. The Morgan fingerprint density at radius 1 is 1.35 bits per heavy atom. The van der Waals surface area contributed by atoms with Crippen LogP contribution in [-0.2, 0) is 4.74 Å². The maximum absolute atomic E-state index is 6.02. The van der Waals surface area contributed by atoms with Crippen molar-refractivity contribution < 1.29 is 4.74 Å². The van der Waals surface area contributed by atoms with Gasteiger partial charge in [-0.25, -0.2) is 0 Å². The third-order valence-electron chi connectivity index (χ3n) is 4.05. The maximum Gasteiger partial charge on any atom is 0.147 e. The van der Waals surface area contributed by atoms with E-state index in [1.165, 1.54) is 18.0 Å². The van der Waals surface area contributed by atoms with Gasteiger partial charge < -0.3 is 15.8 Å². The molecule has 0 saturated heterocycles. The minimum absolute atomic E-state index is 0.00723. The monoisotopic (exact) mass is 289 g/mol. The van der Waals surface area contributed by atoms with Gasteiger partial charge in [-0.2, -0.15) is 4.37 Å². The standard InChI is InChI=1S/C15H19N3OS/c1-19-15(8-5-9-15)10-17-14-12(13(16)18-20-14)11-6-3-2-4-7-11/h2-4,6-7,17H,5,8-10H2,1H3,(H2,16,18). The van der Waals surface area contributed by atoms with Crippen molar-refractivity contribution >= 4 is 22.4 Å². The zero-order valence-corrected chi connectivity index (χ0v) is 12.4. The third kappa shape index (κ3) is 2.39. The van der Waals surface area contributed by atoms with E-state index < -0.39 is 0 Å². The quantitative estimate of drug-likeness (QED) is 0.886. The zero-order valence-electron chi connectivity index (χ0n) is 11.6. The Labute approximate surface area is 123 Å². The van der Waals surface area contributed by atoms with Crippen molar-refractivity contribution in [3.05, 3.63) is 30.3 Å². The summed E-state index contributed by atoms with van der Waals surface area (Å²) in [5.74, 6) is 0.587. The lowest BCUT2D eigenvalue weighted by atomic mass is 9.80. The van der Waals surface area contributed by atoms with Gasteiger partial charge in [-0.3, -0.25) is 0 Å². The molecule has 1 heterocycles. The average molecular weight is 289 g/mol. The highest BCUT2D eigenvalue weighted by Crippen LogP contribution is 2.39. The highest BCUT2D eigenvalue weighted by atomic mass is 32.1. The number of hydrogen-bond acceptors (Lipinski definition) is 5. The number of nitrogens with zero attached hydrogens (tertiary/aromatic N) is 1. The van der Waals surface area contributed by atoms with Crippen LogP contribution in [0.3, 0.4) is 0 Å². The molecule has 3 N–H and O–H groups in total. The highest BCUT2D eigenvalue weighted by Gasteiger charge is 2.37. The molecular weight excluding hydrogens is 270 g/mol. The molecule has 1 aromatic carbocycles. The molecule has 0 unspecified atom stereocenters. The topological polar surface area (TPSA) is 60.2 Å². The summed E-state index contributed by atoms with van der Waals surface area (Å²) in [5, 5.41) is 4.50. The smallest absolute Gasteiger partial charge is 0.147 e. The molecule has 3 rings (SSSR count). The van der Waals surface area contributed by atoms with Crippen LogP contribution in [-0.4, -0.2) is 23.6 Å². The van der Waals surface area contributed by atoms with Crippen molar-refractivity contribution in [2.45, 2.75) is 24.9 Å². The fourth-order valence-electron chi connectivity index (χ4n) is 2.57. The Morgan fingerprint density at radius 3 is 2.70 bits per heavy atom. The normalized spacial score (nSPS) is 16.6. The van der Waals surface area contributed by atoms with Crippen molar-refractivity contribution in [2.24, 2.45) is 0 Å². The summed E-state index contributed by atoms with van der Waals surface area (Å²) in [6.07, 6.45) is 3.48. The van der Waals surface area contributed by atoms with Gasteiger partial charge in [0, 0.05) is 13.7 Å². The number of nitrogen functional groups attached to an aromatic ring is 1. The average Bonchev–Trinajstić information content (AvgIpc) is 2.80. The van der Waals surface area contributed by atoms with Gasteiger partial charge in [0.05, 0.1) is 11.2 Å². The molecule has 1 aliphatic rings. The van der Waals surface area contributed by atoms with Crippen LogP contribution in [0.2, 0.25) is 0 Å². The van der Waals surface area contributed by atoms with Gasteiger partial charge in [0.1, 0.15) is 10.8 Å². The molecule has 1 fully saturated rings. The van der Waals surface area contributed by atoms with Crippen LogP contribution in [0.25, 0.3) is 11.1 Å². The first-order valence-corrected chi connectivity index (χ1v) is 7.61. The van der Waals surface area contributed by atoms with E-state index in [0.717, 1.165) is 35.5 Å². The second-order valence-electron chi connectivity index (χ2n) is 5.23. The van der Waals surface area contributed by atoms with Gasteiger partial charge >= 0.3 is 0 Å². The summed E-state index contributed by atoms with van der Waals surface area (Å²) in [6, 6.07) is 10.1. The molecule has 0 radical (unpaired) electrons. The number of nitrogens with two attached hydrogens (primary N) is 1. The van der Waals surface area contributed by atoms with Crippen LogP contribution in [0, 0.1) is 0 Å². The van der Waals surface area contributed by atoms with Crippen molar-refractivity contribution in [3.8, 4) is 11.1 Å². The molecule has 1 saturated carbocycles. The molecule has 0 spiro atoms. The Balaban J connectivity index is 1.81. The van der Waals surface area contributed by atoms with E-state index >= 15 is 0 Å². The largest absolute Gasteiger partial charge is 0.382 e. The molecular formula is C15H19N3OS. The summed E-state index contributed by atoms with van der Waals surface area (Å²) in [4.78, 5) is 0. The Morgan fingerprint density at radius 2 is 2.10 bits per heavy atom. The lowest BCUT2D eigenvalue weighted by molar-refractivity contribution is -0.0600. The van der Waals surface area contributed by atoms with Crippen LogP contribution in [0.4, 0.5) is 10.8 Å². The Hall–Kier alpha value is -1.59. The predicted molar refractivity (Wildman–Crippen MR) is 84.0 cm³/mol. The minimum atomic E-state index is -0.00723. The fourth-order valence-corrected chi connectivity index (χ4v) is 3.30. The number of hydrogen-bond donors (Lipinski definition) is 2. The molecule has 1 aliphatic carbocycles. The van der Waals surface area contributed by atoms with E-state index in [-0.39, 0.29) is 5.60 Å². The summed E-state index contributed by atoms with van der Waals surface area (Å²) < 4.78 is 9.92. The lowest BCUT2D eigenvalue weighted by Gasteiger charge is -2.40. The third-order valence-corrected chi connectivity index (χ3v) is 4.87. The first kappa shape index (κ1) is 13.4. The molecule has 0 aliphatic heterocycles. The van der Waals surface area contributed by atoms with Crippen LogP contribution in [0.15, 0.2) is 30.3 Å². The van der Waals surface area contributed by atoms with Crippen molar-refractivity contribution in [3.63, 3.8) is 0 Å². The second kappa shape index (κ2) is 5.42. The minimum Gasteiger partial charge on any atom is -0.382 e. The molecule has 4 nitrogen and oxygen atoms in total. The summed E-state index contributed by atoms with van der Waals surface area (Å²) in [6.45, 7) is 0.810. The number of aromatic nitrogens is 1. The van der Waals surface area contributed by atoms with Crippen molar-refractivity contribution in [1.82, 2.24) is 4.37 Å². The number of ether oxygens (including phenoxy) is 1. The molecule has 0 amide bonds. The summed E-state index contributed by atoms with van der Waals surface area (Å²) >= 11 is 1.42. The van der Waals surface area contributed by atoms with E-state index in [9.17, 15) is 0 Å². The molecule has 106 valence electrons. The number of rotatable bonds is 5. The van der Waals surface area contributed by atoms with Gasteiger partial charge in [-0.15, -0.1) is 0 Å². The number of benzene rings is 1. The van der Waals surface area contributed by atoms with Gasteiger partial charge in [-0.1, -0.05) is 30.3 Å².